The van der Waals surface area contributed by atoms with Crippen LogP contribution in [0.3, 0.4) is 0 Å². The van der Waals surface area contributed by atoms with Gasteiger partial charge in [0.1, 0.15) is 11.6 Å². The van der Waals surface area contributed by atoms with Crippen molar-refractivity contribution in [2.75, 3.05) is 6.61 Å². The maximum atomic E-state index is 11.9. The van der Waals surface area contributed by atoms with Crippen LogP contribution in [-0.4, -0.2) is 24.3 Å². The Hall–Kier alpha value is -3.14. The van der Waals surface area contributed by atoms with E-state index in [-0.39, 0.29) is 23.6 Å². The third-order valence-corrected chi connectivity index (χ3v) is 3.10. The monoisotopic (exact) mass is 329 g/mol. The normalized spacial score (nSPS) is 12.4. The number of nitrogens with two attached hydrogens (primary N) is 1. The summed E-state index contributed by atoms with van der Waals surface area (Å²) in [5.41, 5.74) is 5.99. The van der Waals surface area contributed by atoms with E-state index < -0.39 is 24.4 Å². The van der Waals surface area contributed by atoms with E-state index in [0.717, 1.165) is 5.56 Å². The lowest BCUT2D eigenvalue weighted by atomic mass is 10.0. The molecule has 0 radical (unpaired) electrons. The van der Waals surface area contributed by atoms with Crippen molar-refractivity contribution in [3.05, 3.63) is 47.2 Å². The second-order valence-electron chi connectivity index (χ2n) is 5.12. The largest absolute Gasteiger partial charge is 0.457 e. The van der Waals surface area contributed by atoms with E-state index in [1.165, 1.54) is 13.8 Å². The Morgan fingerprint density at radius 3 is 2.38 bits per heavy atom. The van der Waals surface area contributed by atoms with Crippen molar-refractivity contribution in [1.29, 1.82) is 5.26 Å². The first-order valence-corrected chi connectivity index (χ1v) is 7.22. The highest BCUT2D eigenvalue weighted by Crippen LogP contribution is 2.17. The summed E-state index contributed by atoms with van der Waals surface area (Å²) in [6.07, 6.45) is -0.135. The Labute approximate surface area is 140 Å². The summed E-state index contributed by atoms with van der Waals surface area (Å²) in [4.78, 5) is 35.0. The molecule has 126 valence electrons. The second kappa shape index (κ2) is 9.10. The molecule has 0 saturated heterocycles. The number of hydrogen-bond acceptors (Lipinski definition) is 6. The fourth-order valence-corrected chi connectivity index (χ4v) is 2.00. The summed E-state index contributed by atoms with van der Waals surface area (Å²) in [6, 6.07) is 10.0. The molecule has 7 nitrogen and oxygen atoms in total. The van der Waals surface area contributed by atoms with Gasteiger partial charge >= 0.3 is 5.97 Å². The van der Waals surface area contributed by atoms with Gasteiger partial charge in [-0.3, -0.25) is 14.4 Å². The van der Waals surface area contributed by atoms with Crippen LogP contribution < -0.4 is 11.1 Å². The molecular weight excluding hydrogens is 310 g/mol. The first-order valence-electron chi connectivity index (χ1n) is 7.22. The Morgan fingerprint density at radius 2 is 1.88 bits per heavy atom. The zero-order chi connectivity index (χ0) is 18.1. The number of amides is 1. The third-order valence-electron chi connectivity index (χ3n) is 3.10. The van der Waals surface area contributed by atoms with Gasteiger partial charge in [0.2, 0.25) is 11.7 Å². The predicted molar refractivity (Wildman–Crippen MR) is 86.1 cm³/mol. The fourth-order valence-electron chi connectivity index (χ4n) is 2.00. The lowest BCUT2D eigenvalue weighted by Crippen LogP contribution is -2.29. The number of nitrogens with one attached hydrogen (secondary N) is 1. The molecule has 0 aromatic heterocycles. The topological polar surface area (TPSA) is 122 Å². The van der Waals surface area contributed by atoms with Crippen LogP contribution in [0.4, 0.5) is 0 Å². The zero-order valence-corrected chi connectivity index (χ0v) is 13.5. The molecule has 1 amide bonds. The molecule has 1 aromatic carbocycles. The zero-order valence-electron chi connectivity index (χ0n) is 13.5. The summed E-state index contributed by atoms with van der Waals surface area (Å²) in [7, 11) is 0. The van der Waals surface area contributed by atoms with Crippen LogP contribution >= 0.6 is 0 Å². The number of nitrogens with zero attached hydrogens (tertiary/aromatic N) is 1. The maximum Gasteiger partial charge on any atom is 0.308 e. The molecule has 1 aromatic rings. The van der Waals surface area contributed by atoms with Crippen molar-refractivity contribution in [3.63, 3.8) is 0 Å². The molecule has 7 heteroatoms. The smallest absolute Gasteiger partial charge is 0.308 e. The molecule has 0 fully saturated rings. The Balaban J connectivity index is 2.70. The molecular formula is C17H19N3O4. The highest BCUT2D eigenvalue weighted by Gasteiger charge is 2.20. The first kappa shape index (κ1) is 18.9. The number of ether oxygens (including phenoxy) is 1. The highest BCUT2D eigenvalue weighted by molar-refractivity contribution is 6.01. The van der Waals surface area contributed by atoms with Crippen LogP contribution in [-0.2, 0) is 19.1 Å². The number of hydrogen-bond donors (Lipinski definition) is 2. The number of carbonyl (C=O) groups is 3. The van der Waals surface area contributed by atoms with E-state index in [0.29, 0.717) is 0 Å². The summed E-state index contributed by atoms with van der Waals surface area (Å²) < 4.78 is 4.89. The van der Waals surface area contributed by atoms with Crippen LogP contribution in [0.2, 0.25) is 0 Å². The number of rotatable bonds is 7. The van der Waals surface area contributed by atoms with Crippen LogP contribution in [0.25, 0.3) is 0 Å². The third kappa shape index (κ3) is 5.93. The minimum atomic E-state index is -0.669. The van der Waals surface area contributed by atoms with E-state index in [1.54, 1.807) is 30.3 Å². The Kier molecular flexibility index (Phi) is 7.17. The van der Waals surface area contributed by atoms with Gasteiger partial charge < -0.3 is 15.8 Å². The lowest BCUT2D eigenvalue weighted by molar-refractivity contribution is -0.147. The minimum Gasteiger partial charge on any atom is -0.457 e. The number of benzene rings is 1. The molecule has 0 aliphatic carbocycles. The molecule has 1 atom stereocenters. The molecule has 0 spiro atoms. The van der Waals surface area contributed by atoms with Crippen LogP contribution in [0, 0.1) is 11.3 Å². The molecule has 0 heterocycles. The summed E-state index contributed by atoms with van der Waals surface area (Å²) >= 11 is 0. The van der Waals surface area contributed by atoms with Gasteiger partial charge in [0.25, 0.3) is 0 Å². The average molecular weight is 329 g/mol. The van der Waals surface area contributed by atoms with Crippen LogP contribution in [0.15, 0.2) is 41.6 Å². The average Bonchev–Trinajstić information content (AvgIpc) is 2.53. The van der Waals surface area contributed by atoms with E-state index in [1.807, 2.05) is 6.07 Å². The van der Waals surface area contributed by atoms with Gasteiger partial charge in [0.15, 0.2) is 6.61 Å². The van der Waals surface area contributed by atoms with Crippen LogP contribution in [0.1, 0.15) is 31.9 Å². The van der Waals surface area contributed by atoms with E-state index in [9.17, 15) is 14.4 Å². The number of ketones is 1. The van der Waals surface area contributed by atoms with Gasteiger partial charge in [0.05, 0.1) is 12.5 Å². The maximum absolute atomic E-state index is 11.9. The SMILES string of the molecule is CC(=O)N[C@@H](CC(=O)OCC(=O)/C(C#N)=C(/C)N)c1ccccc1. The molecule has 0 saturated carbocycles. The van der Waals surface area contributed by atoms with Crippen LogP contribution in [0.5, 0.6) is 0 Å². The van der Waals surface area contributed by atoms with Gasteiger partial charge in [-0.2, -0.15) is 5.26 Å². The molecule has 24 heavy (non-hydrogen) atoms. The Morgan fingerprint density at radius 1 is 1.25 bits per heavy atom. The van der Waals surface area contributed by atoms with Crippen molar-refractivity contribution in [2.24, 2.45) is 5.73 Å². The molecule has 0 bridgehead atoms. The summed E-state index contributed by atoms with van der Waals surface area (Å²) in [6.45, 7) is 2.19. The summed E-state index contributed by atoms with van der Waals surface area (Å²) in [5.74, 6) is -1.62. The van der Waals surface area contributed by atoms with Gasteiger partial charge in [-0.1, -0.05) is 30.3 Å². The van der Waals surface area contributed by atoms with Gasteiger partial charge in [0, 0.05) is 12.6 Å². The van der Waals surface area contributed by atoms with Gasteiger partial charge in [-0.15, -0.1) is 0 Å². The first-order chi connectivity index (χ1) is 11.3. The molecule has 1 rings (SSSR count). The van der Waals surface area contributed by atoms with E-state index in [4.69, 9.17) is 15.7 Å². The van der Waals surface area contributed by atoms with Crippen molar-refractivity contribution in [1.82, 2.24) is 5.32 Å². The fraction of sp³-hybridized carbons (Fsp3) is 0.294. The van der Waals surface area contributed by atoms with E-state index in [2.05, 4.69) is 5.32 Å². The van der Waals surface area contributed by atoms with Crippen molar-refractivity contribution in [2.45, 2.75) is 26.3 Å². The molecule has 3 N–H and O–H groups in total. The molecule has 0 aliphatic rings. The molecule has 0 aliphatic heterocycles. The number of allylic oxidation sites excluding steroid dienone is 1. The highest BCUT2D eigenvalue weighted by atomic mass is 16.5. The Bertz CT molecular complexity index is 686. The summed E-state index contributed by atoms with van der Waals surface area (Å²) in [5, 5.41) is 11.5. The van der Waals surface area contributed by atoms with Gasteiger partial charge in [-0.05, 0) is 12.5 Å². The number of carbonyl (C=O) groups excluding carboxylic acids is 3. The predicted octanol–water partition coefficient (Wildman–Crippen LogP) is 1.12. The van der Waals surface area contributed by atoms with Crippen molar-refractivity contribution < 1.29 is 19.1 Å². The number of esters is 1. The number of Topliss-reactive ketones (excluding diaryl/α,β-unsaturated/α-hetero) is 1. The second-order valence-corrected chi connectivity index (χ2v) is 5.12. The lowest BCUT2D eigenvalue weighted by Gasteiger charge is -2.17. The van der Waals surface area contributed by atoms with E-state index >= 15 is 0 Å². The van der Waals surface area contributed by atoms with Crippen molar-refractivity contribution >= 4 is 17.7 Å². The minimum absolute atomic E-state index is 0.0685. The van der Waals surface area contributed by atoms with Gasteiger partial charge in [-0.25, -0.2) is 0 Å². The standard InChI is InChI=1S/C17H19N3O4/c1-11(19)14(9-18)16(22)10-24-17(23)8-15(20-12(2)21)13-6-4-3-5-7-13/h3-7,15H,8,10,19H2,1-2H3,(H,20,21)/b14-11-/t15-/m0/s1. The van der Waals surface area contributed by atoms with Crippen molar-refractivity contribution in [3.8, 4) is 6.07 Å². The number of nitriles is 1. The quantitative estimate of drug-likeness (QED) is 0.439. The molecule has 0 unspecified atom stereocenters.